The number of carbonyl (C=O) groups is 2. The molecule has 0 amide bonds. The largest absolute Gasteiger partial charge is 0.452 e. The molecular weight excluding hydrogens is 364 g/mol. The third kappa shape index (κ3) is 4.87. The Hall–Kier alpha value is -2.62. The maximum Gasteiger partial charge on any atom is 0.338 e. The van der Waals surface area contributed by atoms with Gasteiger partial charge in [-0.2, -0.15) is 0 Å². The molecule has 0 heterocycles. The van der Waals surface area contributed by atoms with Gasteiger partial charge in [-0.3, -0.25) is 0 Å². The fourth-order valence-electron chi connectivity index (χ4n) is 4.18. The van der Waals surface area contributed by atoms with Crippen LogP contribution in [0.15, 0.2) is 60.7 Å². The molecular formula is C25H32O4. The molecule has 0 fully saturated rings. The van der Waals surface area contributed by atoms with E-state index in [1.807, 2.05) is 45.0 Å². The predicted octanol–water partition coefficient (Wildman–Crippen LogP) is 6.06. The lowest BCUT2D eigenvalue weighted by Crippen LogP contribution is -2.59. The van der Waals surface area contributed by atoms with E-state index in [1.165, 1.54) is 0 Å². The smallest absolute Gasteiger partial charge is 0.338 e. The summed E-state index contributed by atoms with van der Waals surface area (Å²) in [7, 11) is 0. The van der Waals surface area contributed by atoms with Gasteiger partial charge in [0.2, 0.25) is 0 Å². The Morgan fingerprint density at radius 2 is 1.17 bits per heavy atom. The molecule has 2 aromatic carbocycles. The van der Waals surface area contributed by atoms with E-state index in [-0.39, 0.29) is 5.92 Å². The van der Waals surface area contributed by atoms with Gasteiger partial charge in [-0.05, 0) is 57.4 Å². The van der Waals surface area contributed by atoms with Crippen LogP contribution in [0.25, 0.3) is 0 Å². The standard InChI is InChI=1S/C25H32O4/c1-6-21(7-2)25(8-3,29-23(27)20-17-13-10-14-18-20)24(4,5)28-22(26)19-15-11-9-12-16-19/h9-18,21H,6-8H2,1-5H3. The maximum atomic E-state index is 13.0. The normalized spacial score (nSPS) is 13.6. The quantitative estimate of drug-likeness (QED) is 0.483. The summed E-state index contributed by atoms with van der Waals surface area (Å²) in [5.74, 6) is -0.780. The molecule has 0 aliphatic rings. The van der Waals surface area contributed by atoms with Crippen LogP contribution in [0.3, 0.4) is 0 Å². The van der Waals surface area contributed by atoms with Crippen molar-refractivity contribution in [2.75, 3.05) is 0 Å². The van der Waals surface area contributed by atoms with Gasteiger partial charge in [0.05, 0.1) is 11.1 Å². The van der Waals surface area contributed by atoms with Crippen molar-refractivity contribution in [2.45, 2.75) is 65.1 Å². The van der Waals surface area contributed by atoms with E-state index in [1.54, 1.807) is 36.4 Å². The minimum absolute atomic E-state index is 0.0405. The van der Waals surface area contributed by atoms with E-state index in [4.69, 9.17) is 9.47 Å². The third-order valence-corrected chi connectivity index (χ3v) is 5.83. The summed E-state index contributed by atoms with van der Waals surface area (Å²) in [5, 5.41) is 0. The monoisotopic (exact) mass is 396 g/mol. The molecule has 29 heavy (non-hydrogen) atoms. The molecule has 0 aliphatic carbocycles. The number of esters is 2. The van der Waals surface area contributed by atoms with Crippen LogP contribution in [0.1, 0.15) is 74.6 Å². The molecule has 156 valence electrons. The number of hydrogen-bond donors (Lipinski definition) is 0. The van der Waals surface area contributed by atoms with Crippen LogP contribution < -0.4 is 0 Å². The van der Waals surface area contributed by atoms with Crippen molar-refractivity contribution in [1.82, 2.24) is 0 Å². The van der Waals surface area contributed by atoms with Gasteiger partial charge in [-0.25, -0.2) is 9.59 Å². The molecule has 1 atom stereocenters. The van der Waals surface area contributed by atoms with Gasteiger partial charge in [0, 0.05) is 5.92 Å². The SMILES string of the molecule is CCC(CC)C(CC)(OC(=O)c1ccccc1)C(C)(C)OC(=O)c1ccccc1. The van der Waals surface area contributed by atoms with Gasteiger partial charge in [0.25, 0.3) is 0 Å². The molecule has 2 aromatic rings. The molecule has 1 unspecified atom stereocenters. The van der Waals surface area contributed by atoms with Crippen molar-refractivity contribution >= 4 is 11.9 Å². The maximum absolute atomic E-state index is 13.0. The molecule has 0 N–H and O–H groups in total. The molecule has 4 nitrogen and oxygen atoms in total. The van der Waals surface area contributed by atoms with Crippen LogP contribution in [-0.2, 0) is 9.47 Å². The number of benzene rings is 2. The second kappa shape index (κ2) is 9.73. The number of hydrogen-bond acceptors (Lipinski definition) is 4. The number of rotatable bonds is 9. The summed E-state index contributed by atoms with van der Waals surface area (Å²) in [6.45, 7) is 9.81. The van der Waals surface area contributed by atoms with Gasteiger partial charge in [-0.15, -0.1) is 0 Å². The van der Waals surface area contributed by atoms with E-state index >= 15 is 0 Å². The van der Waals surface area contributed by atoms with Crippen LogP contribution in [0.4, 0.5) is 0 Å². The first-order valence-electron chi connectivity index (χ1n) is 10.4. The van der Waals surface area contributed by atoms with Crippen molar-refractivity contribution in [3.8, 4) is 0 Å². The van der Waals surface area contributed by atoms with Gasteiger partial charge in [0.1, 0.15) is 5.60 Å². The lowest BCUT2D eigenvalue weighted by atomic mass is 9.71. The highest BCUT2D eigenvalue weighted by Crippen LogP contribution is 2.43. The molecule has 4 heteroatoms. The summed E-state index contributed by atoms with van der Waals surface area (Å²) in [6, 6.07) is 17.8. The highest BCUT2D eigenvalue weighted by Gasteiger charge is 2.54. The Bertz CT molecular complexity index is 794. The minimum Gasteiger partial charge on any atom is -0.452 e. The van der Waals surface area contributed by atoms with E-state index in [9.17, 15) is 9.59 Å². The zero-order valence-corrected chi connectivity index (χ0v) is 18.1. The average Bonchev–Trinajstić information content (AvgIpc) is 2.74. The van der Waals surface area contributed by atoms with Crippen LogP contribution >= 0.6 is 0 Å². The van der Waals surface area contributed by atoms with Crippen LogP contribution in [0.5, 0.6) is 0 Å². The Morgan fingerprint density at radius 1 is 0.759 bits per heavy atom. The lowest BCUT2D eigenvalue weighted by molar-refractivity contribution is -0.173. The number of carbonyl (C=O) groups excluding carboxylic acids is 2. The summed E-state index contributed by atoms with van der Waals surface area (Å²) >= 11 is 0. The van der Waals surface area contributed by atoms with Crippen LogP contribution in [-0.4, -0.2) is 23.1 Å². The van der Waals surface area contributed by atoms with Gasteiger partial charge >= 0.3 is 11.9 Å². The summed E-state index contributed by atoms with van der Waals surface area (Å²) in [4.78, 5) is 25.8. The second-order valence-electron chi connectivity index (χ2n) is 7.78. The fraction of sp³-hybridized carbons (Fsp3) is 0.440. The molecule has 0 aliphatic heterocycles. The molecule has 0 saturated heterocycles. The first kappa shape index (κ1) is 22.7. The van der Waals surface area contributed by atoms with Gasteiger partial charge in [0.15, 0.2) is 5.60 Å². The summed E-state index contributed by atoms with van der Waals surface area (Å²) in [5.41, 5.74) is -1.00. The van der Waals surface area contributed by atoms with Crippen molar-refractivity contribution in [1.29, 1.82) is 0 Å². The Morgan fingerprint density at radius 3 is 1.55 bits per heavy atom. The van der Waals surface area contributed by atoms with E-state index in [0.717, 1.165) is 12.8 Å². The Labute approximate surface area is 174 Å². The number of ether oxygens (including phenoxy) is 2. The summed E-state index contributed by atoms with van der Waals surface area (Å²) < 4.78 is 12.2. The lowest BCUT2D eigenvalue weighted by Gasteiger charge is -2.49. The third-order valence-electron chi connectivity index (χ3n) is 5.83. The highest BCUT2D eigenvalue weighted by molar-refractivity contribution is 5.90. The average molecular weight is 397 g/mol. The van der Waals surface area contributed by atoms with Crippen molar-refractivity contribution in [2.24, 2.45) is 5.92 Å². The molecule has 0 bridgehead atoms. The van der Waals surface area contributed by atoms with Crippen molar-refractivity contribution < 1.29 is 19.1 Å². The topological polar surface area (TPSA) is 52.6 Å². The molecule has 0 spiro atoms. The van der Waals surface area contributed by atoms with Crippen LogP contribution in [0, 0.1) is 5.92 Å². The van der Waals surface area contributed by atoms with Crippen LogP contribution in [0.2, 0.25) is 0 Å². The zero-order chi connectivity index (χ0) is 21.5. The highest BCUT2D eigenvalue weighted by atomic mass is 16.6. The minimum atomic E-state index is -1.02. The second-order valence-corrected chi connectivity index (χ2v) is 7.78. The first-order valence-corrected chi connectivity index (χ1v) is 10.4. The van der Waals surface area contributed by atoms with E-state index in [0.29, 0.717) is 17.5 Å². The predicted molar refractivity (Wildman–Crippen MR) is 115 cm³/mol. The molecule has 0 radical (unpaired) electrons. The molecule has 0 saturated carbocycles. The Balaban J connectivity index is 2.41. The zero-order valence-electron chi connectivity index (χ0n) is 18.1. The molecule has 0 aromatic heterocycles. The van der Waals surface area contributed by atoms with Gasteiger partial charge in [-0.1, -0.05) is 57.2 Å². The van der Waals surface area contributed by atoms with Crippen molar-refractivity contribution in [3.63, 3.8) is 0 Å². The van der Waals surface area contributed by atoms with E-state index < -0.39 is 23.1 Å². The molecule has 2 rings (SSSR count). The van der Waals surface area contributed by atoms with Crippen molar-refractivity contribution in [3.05, 3.63) is 71.8 Å². The van der Waals surface area contributed by atoms with E-state index in [2.05, 4.69) is 13.8 Å². The Kier molecular flexibility index (Phi) is 7.60. The first-order chi connectivity index (χ1) is 13.8. The summed E-state index contributed by atoms with van der Waals surface area (Å²) in [6.07, 6.45) is 2.14. The van der Waals surface area contributed by atoms with Gasteiger partial charge < -0.3 is 9.47 Å². The fourth-order valence-corrected chi connectivity index (χ4v) is 4.18.